The van der Waals surface area contributed by atoms with Gasteiger partial charge in [-0.1, -0.05) is 49.7 Å². The molecule has 1 heterocycles. The van der Waals surface area contributed by atoms with Crippen molar-refractivity contribution in [3.05, 3.63) is 75.1 Å². The van der Waals surface area contributed by atoms with Crippen molar-refractivity contribution in [3.63, 3.8) is 0 Å². The molecule has 0 bridgehead atoms. The van der Waals surface area contributed by atoms with Crippen LogP contribution in [0, 0.1) is 12.8 Å². The maximum atomic E-state index is 12.7. The Labute approximate surface area is 185 Å². The lowest BCUT2D eigenvalue weighted by atomic mass is 10.0. The summed E-state index contributed by atoms with van der Waals surface area (Å²) >= 11 is 7.49. The van der Waals surface area contributed by atoms with Crippen LogP contribution in [0.5, 0.6) is 0 Å². The summed E-state index contributed by atoms with van der Waals surface area (Å²) in [4.78, 5) is 29.7. The Morgan fingerprint density at radius 2 is 1.73 bits per heavy atom. The van der Waals surface area contributed by atoms with Crippen LogP contribution in [0.3, 0.4) is 0 Å². The number of nitrogens with one attached hydrogen (secondary N) is 2. The van der Waals surface area contributed by atoms with Crippen LogP contribution in [-0.2, 0) is 11.3 Å². The highest BCUT2D eigenvalue weighted by Crippen LogP contribution is 2.21. The number of amides is 2. The van der Waals surface area contributed by atoms with Crippen molar-refractivity contribution in [1.82, 2.24) is 15.6 Å². The number of aryl methyl sites for hydroxylation is 1. The van der Waals surface area contributed by atoms with Gasteiger partial charge in [0.15, 0.2) is 0 Å². The van der Waals surface area contributed by atoms with E-state index >= 15 is 0 Å². The zero-order valence-electron chi connectivity index (χ0n) is 17.1. The monoisotopic (exact) mass is 441 g/mol. The molecule has 0 radical (unpaired) electrons. The van der Waals surface area contributed by atoms with E-state index in [4.69, 9.17) is 11.6 Å². The number of hydrogen-bond donors (Lipinski definition) is 2. The molecule has 0 unspecified atom stereocenters. The van der Waals surface area contributed by atoms with Crippen LogP contribution < -0.4 is 10.6 Å². The summed E-state index contributed by atoms with van der Waals surface area (Å²) in [5.74, 6) is -0.577. The Hall–Kier alpha value is -2.70. The van der Waals surface area contributed by atoms with Crippen LogP contribution in [0.15, 0.2) is 53.9 Å². The Morgan fingerprint density at radius 1 is 1.07 bits per heavy atom. The molecular weight excluding hydrogens is 418 g/mol. The molecule has 0 saturated carbocycles. The Morgan fingerprint density at radius 3 is 2.30 bits per heavy atom. The fraction of sp³-hybridized carbons (Fsp3) is 0.261. The van der Waals surface area contributed by atoms with E-state index in [2.05, 4.69) is 15.6 Å². The highest BCUT2D eigenvalue weighted by molar-refractivity contribution is 7.09. The highest BCUT2D eigenvalue weighted by Gasteiger charge is 2.24. The van der Waals surface area contributed by atoms with Gasteiger partial charge in [0.25, 0.3) is 5.91 Å². The number of rotatable bonds is 7. The topological polar surface area (TPSA) is 71.1 Å². The molecule has 1 atom stereocenters. The average Bonchev–Trinajstić information content (AvgIpc) is 3.17. The Kier molecular flexibility index (Phi) is 7.24. The Balaban J connectivity index is 1.59. The minimum atomic E-state index is -0.634. The van der Waals surface area contributed by atoms with E-state index in [0.29, 0.717) is 17.1 Å². The average molecular weight is 442 g/mol. The van der Waals surface area contributed by atoms with Crippen molar-refractivity contribution in [2.75, 3.05) is 0 Å². The van der Waals surface area contributed by atoms with Gasteiger partial charge in [-0.3, -0.25) is 9.59 Å². The van der Waals surface area contributed by atoms with E-state index in [0.717, 1.165) is 21.8 Å². The predicted octanol–water partition coefficient (Wildman–Crippen LogP) is 4.84. The van der Waals surface area contributed by atoms with Crippen LogP contribution in [0.2, 0.25) is 5.02 Å². The molecule has 0 spiro atoms. The van der Waals surface area contributed by atoms with Crippen LogP contribution in [0.25, 0.3) is 11.3 Å². The summed E-state index contributed by atoms with van der Waals surface area (Å²) in [5.41, 5.74) is 3.44. The fourth-order valence-corrected chi connectivity index (χ4v) is 3.70. The van der Waals surface area contributed by atoms with Gasteiger partial charge >= 0.3 is 0 Å². The number of carbonyl (C=O) groups excluding carboxylic acids is 2. The number of aromatic nitrogens is 1. The van der Waals surface area contributed by atoms with Gasteiger partial charge in [-0.2, -0.15) is 0 Å². The minimum Gasteiger partial charge on any atom is -0.350 e. The van der Waals surface area contributed by atoms with Crippen molar-refractivity contribution < 1.29 is 9.59 Å². The van der Waals surface area contributed by atoms with E-state index < -0.39 is 6.04 Å². The summed E-state index contributed by atoms with van der Waals surface area (Å²) in [6.07, 6.45) is 0. The number of hydrogen-bond acceptors (Lipinski definition) is 4. The highest BCUT2D eigenvalue weighted by atomic mass is 35.5. The van der Waals surface area contributed by atoms with E-state index in [1.54, 1.807) is 35.6 Å². The second-order valence-corrected chi connectivity index (χ2v) is 8.87. The van der Waals surface area contributed by atoms with Gasteiger partial charge in [-0.05, 0) is 42.7 Å². The molecule has 3 rings (SSSR count). The lowest BCUT2D eigenvalue weighted by Crippen LogP contribution is -2.49. The first kappa shape index (κ1) is 22.0. The molecule has 0 fully saturated rings. The summed E-state index contributed by atoms with van der Waals surface area (Å²) in [7, 11) is 0. The second kappa shape index (κ2) is 9.87. The quantitative estimate of drug-likeness (QED) is 0.551. The molecule has 7 heteroatoms. The SMILES string of the molecule is Cc1nc(-c2ccc(CNC(=O)[C@@H](NC(=O)c3ccc(Cl)cc3)C(C)C)cc2)cs1. The van der Waals surface area contributed by atoms with Crippen molar-refractivity contribution in [3.8, 4) is 11.3 Å². The second-order valence-electron chi connectivity index (χ2n) is 7.37. The molecule has 156 valence electrons. The first-order valence-electron chi connectivity index (χ1n) is 9.69. The molecule has 0 saturated heterocycles. The van der Waals surface area contributed by atoms with Crippen LogP contribution >= 0.6 is 22.9 Å². The van der Waals surface area contributed by atoms with Gasteiger partial charge in [-0.25, -0.2) is 4.98 Å². The standard InChI is InChI=1S/C23H24ClN3O2S/c1-14(2)21(27-22(28)18-8-10-19(24)11-9-18)23(29)25-12-16-4-6-17(7-5-16)20-13-30-15(3)26-20/h4-11,13-14,21H,12H2,1-3H3,(H,25,29)(H,27,28)/t21-/m0/s1. The maximum Gasteiger partial charge on any atom is 0.251 e. The molecule has 30 heavy (non-hydrogen) atoms. The summed E-state index contributed by atoms with van der Waals surface area (Å²) < 4.78 is 0. The van der Waals surface area contributed by atoms with E-state index in [1.807, 2.05) is 50.4 Å². The van der Waals surface area contributed by atoms with Gasteiger partial charge in [0.1, 0.15) is 6.04 Å². The fourth-order valence-electron chi connectivity index (χ4n) is 2.95. The molecular formula is C23H24ClN3O2S. The predicted molar refractivity (Wildman–Crippen MR) is 122 cm³/mol. The van der Waals surface area contributed by atoms with Gasteiger partial charge in [0.05, 0.1) is 10.7 Å². The largest absolute Gasteiger partial charge is 0.350 e. The minimum absolute atomic E-state index is 0.0588. The van der Waals surface area contributed by atoms with Crippen LogP contribution in [0.1, 0.15) is 34.8 Å². The molecule has 1 aromatic heterocycles. The number of nitrogens with zero attached hydrogens (tertiary/aromatic N) is 1. The smallest absolute Gasteiger partial charge is 0.251 e. The van der Waals surface area contributed by atoms with E-state index in [-0.39, 0.29) is 17.7 Å². The number of benzene rings is 2. The van der Waals surface area contributed by atoms with Crippen LogP contribution in [0.4, 0.5) is 0 Å². The van der Waals surface area contributed by atoms with Crippen LogP contribution in [-0.4, -0.2) is 22.8 Å². The Bertz CT molecular complexity index is 1010. The first-order chi connectivity index (χ1) is 14.3. The van der Waals surface area contributed by atoms with Gasteiger partial charge in [0.2, 0.25) is 5.91 Å². The van der Waals surface area contributed by atoms with Crippen molar-refractivity contribution in [1.29, 1.82) is 0 Å². The van der Waals surface area contributed by atoms with E-state index in [1.165, 1.54) is 0 Å². The summed E-state index contributed by atoms with van der Waals surface area (Å²) in [5, 5.41) is 9.36. The third kappa shape index (κ3) is 5.68. The maximum absolute atomic E-state index is 12.7. The molecule has 3 aromatic rings. The number of carbonyl (C=O) groups is 2. The zero-order chi connectivity index (χ0) is 21.7. The third-order valence-corrected chi connectivity index (χ3v) is 5.70. The molecule has 2 N–H and O–H groups in total. The van der Waals surface area contributed by atoms with Gasteiger partial charge in [0, 0.05) is 28.1 Å². The van der Waals surface area contributed by atoms with E-state index in [9.17, 15) is 9.59 Å². The number of halogens is 1. The molecule has 0 aliphatic rings. The van der Waals surface area contributed by atoms with Gasteiger partial charge < -0.3 is 10.6 Å². The first-order valence-corrected chi connectivity index (χ1v) is 10.9. The molecule has 2 amide bonds. The summed E-state index contributed by atoms with van der Waals surface area (Å²) in [6.45, 7) is 6.16. The number of thiazole rings is 1. The molecule has 0 aliphatic carbocycles. The summed E-state index contributed by atoms with van der Waals surface area (Å²) in [6, 6.07) is 13.9. The molecule has 2 aromatic carbocycles. The van der Waals surface area contributed by atoms with Crippen molar-refractivity contribution in [2.24, 2.45) is 5.92 Å². The third-order valence-electron chi connectivity index (χ3n) is 4.68. The zero-order valence-corrected chi connectivity index (χ0v) is 18.7. The lowest BCUT2D eigenvalue weighted by molar-refractivity contribution is -0.124. The lowest BCUT2D eigenvalue weighted by Gasteiger charge is -2.22. The van der Waals surface area contributed by atoms with Crippen molar-refractivity contribution in [2.45, 2.75) is 33.4 Å². The normalized spacial score (nSPS) is 11.9. The molecule has 0 aliphatic heterocycles. The van der Waals surface area contributed by atoms with Crippen molar-refractivity contribution >= 4 is 34.8 Å². The van der Waals surface area contributed by atoms with Gasteiger partial charge in [-0.15, -0.1) is 11.3 Å². The molecule has 5 nitrogen and oxygen atoms in total.